The van der Waals surface area contributed by atoms with Gasteiger partial charge in [0.15, 0.2) is 0 Å². The lowest BCUT2D eigenvalue weighted by atomic mass is 9.80. The van der Waals surface area contributed by atoms with E-state index in [9.17, 15) is 14.7 Å². The lowest BCUT2D eigenvalue weighted by Crippen LogP contribution is -2.40. The molecule has 0 saturated heterocycles. The maximum Gasteiger partial charge on any atom is 0.323 e. The molecule has 1 aliphatic rings. The van der Waals surface area contributed by atoms with Crippen molar-refractivity contribution in [1.82, 2.24) is 5.32 Å². The van der Waals surface area contributed by atoms with Crippen LogP contribution in [0.2, 0.25) is 0 Å². The highest BCUT2D eigenvalue weighted by atomic mass is 16.5. The molecule has 0 spiro atoms. The zero-order valence-electron chi connectivity index (χ0n) is 16.5. The van der Waals surface area contributed by atoms with Gasteiger partial charge in [0, 0.05) is 6.42 Å². The summed E-state index contributed by atoms with van der Waals surface area (Å²) in [5.41, 5.74) is 0. The van der Waals surface area contributed by atoms with Crippen LogP contribution < -0.4 is 5.32 Å². The molecule has 0 heterocycles. The third kappa shape index (κ3) is 9.53. The number of aliphatic hydroxyl groups excluding tert-OH is 1. The molecule has 2 N–H and O–H groups in total. The van der Waals surface area contributed by atoms with E-state index in [4.69, 9.17) is 9.47 Å². The molecule has 152 valence electrons. The summed E-state index contributed by atoms with van der Waals surface area (Å²) in [6, 6.07) is -0.311. The van der Waals surface area contributed by atoms with Crippen LogP contribution >= 0.6 is 0 Å². The van der Waals surface area contributed by atoms with Gasteiger partial charge >= 0.3 is 11.9 Å². The van der Waals surface area contributed by atoms with Gasteiger partial charge in [0.2, 0.25) is 0 Å². The number of aliphatic hydroxyl groups is 1. The fraction of sp³-hybridized carbons (Fsp3) is 0.900. The van der Waals surface area contributed by atoms with Gasteiger partial charge in [-0.3, -0.25) is 9.59 Å². The van der Waals surface area contributed by atoms with Crippen molar-refractivity contribution in [3.05, 3.63) is 0 Å². The van der Waals surface area contributed by atoms with Gasteiger partial charge in [-0.25, -0.2) is 0 Å². The lowest BCUT2D eigenvalue weighted by Gasteiger charge is -2.30. The first-order valence-electron chi connectivity index (χ1n) is 10.3. The standard InChI is InChI=1S/C20H37NO5/c1-3-25-19(23)13-8-6-5-7-12-17(20(24)26-4-2)21-15-14-18(22)16-10-9-11-16/h16-18,21-22H,3-15H2,1-2H3. The molecule has 1 saturated carbocycles. The van der Waals surface area contributed by atoms with Crippen LogP contribution in [-0.4, -0.2) is 48.9 Å². The Morgan fingerprint density at radius 2 is 1.73 bits per heavy atom. The third-order valence-corrected chi connectivity index (χ3v) is 5.02. The lowest BCUT2D eigenvalue weighted by molar-refractivity contribution is -0.146. The van der Waals surface area contributed by atoms with Crippen LogP contribution in [0.25, 0.3) is 0 Å². The van der Waals surface area contributed by atoms with Crippen LogP contribution in [0.5, 0.6) is 0 Å². The number of hydrogen-bond acceptors (Lipinski definition) is 6. The number of rotatable bonds is 15. The van der Waals surface area contributed by atoms with Gasteiger partial charge in [-0.1, -0.05) is 25.7 Å². The second-order valence-corrected chi connectivity index (χ2v) is 7.06. The maximum atomic E-state index is 12.1. The molecule has 6 heteroatoms. The van der Waals surface area contributed by atoms with E-state index in [1.54, 1.807) is 0 Å². The Bertz CT molecular complexity index is 398. The molecule has 0 radical (unpaired) electrons. The summed E-state index contributed by atoms with van der Waals surface area (Å²) in [4.78, 5) is 23.4. The minimum absolute atomic E-state index is 0.136. The highest BCUT2D eigenvalue weighted by molar-refractivity contribution is 5.75. The topological polar surface area (TPSA) is 84.9 Å². The van der Waals surface area contributed by atoms with Gasteiger partial charge < -0.3 is 19.9 Å². The van der Waals surface area contributed by atoms with E-state index in [-0.39, 0.29) is 24.1 Å². The van der Waals surface area contributed by atoms with Crippen LogP contribution in [0.15, 0.2) is 0 Å². The van der Waals surface area contributed by atoms with Crippen molar-refractivity contribution in [2.24, 2.45) is 5.92 Å². The van der Waals surface area contributed by atoms with Gasteiger partial charge in [0.25, 0.3) is 0 Å². The van der Waals surface area contributed by atoms with Crippen LogP contribution in [0.3, 0.4) is 0 Å². The molecule has 1 aliphatic carbocycles. The van der Waals surface area contributed by atoms with E-state index < -0.39 is 0 Å². The number of ether oxygens (including phenoxy) is 2. The molecule has 0 aliphatic heterocycles. The zero-order valence-corrected chi connectivity index (χ0v) is 16.5. The van der Waals surface area contributed by atoms with E-state index in [0.717, 1.165) is 44.9 Å². The van der Waals surface area contributed by atoms with Gasteiger partial charge in [-0.15, -0.1) is 0 Å². The molecule has 6 nitrogen and oxygen atoms in total. The summed E-state index contributed by atoms with van der Waals surface area (Å²) in [5, 5.41) is 13.3. The molecule has 0 aromatic carbocycles. The summed E-state index contributed by atoms with van der Waals surface area (Å²) < 4.78 is 10.1. The maximum absolute atomic E-state index is 12.1. The van der Waals surface area contributed by atoms with Crippen LogP contribution in [0, 0.1) is 5.92 Å². The van der Waals surface area contributed by atoms with E-state index in [2.05, 4.69) is 5.32 Å². The molecule has 1 rings (SSSR count). The molecule has 0 bridgehead atoms. The second kappa shape index (κ2) is 14.0. The van der Waals surface area contributed by atoms with Gasteiger partial charge in [0.1, 0.15) is 6.04 Å². The third-order valence-electron chi connectivity index (χ3n) is 5.02. The number of carbonyl (C=O) groups excluding carboxylic acids is 2. The number of hydrogen-bond donors (Lipinski definition) is 2. The summed E-state index contributed by atoms with van der Waals surface area (Å²) in [6.45, 7) is 5.06. The van der Waals surface area contributed by atoms with E-state index in [0.29, 0.717) is 38.5 Å². The van der Waals surface area contributed by atoms with E-state index in [1.165, 1.54) is 6.42 Å². The predicted octanol–water partition coefficient (Wildman–Crippen LogP) is 2.96. The van der Waals surface area contributed by atoms with Crippen LogP contribution in [0.4, 0.5) is 0 Å². The number of carbonyl (C=O) groups is 2. The average molecular weight is 372 g/mol. The van der Waals surface area contributed by atoms with Crippen molar-refractivity contribution in [1.29, 1.82) is 0 Å². The summed E-state index contributed by atoms with van der Waals surface area (Å²) in [6.07, 6.45) is 8.72. The Kier molecular flexibility index (Phi) is 12.3. The van der Waals surface area contributed by atoms with Crippen molar-refractivity contribution in [3.8, 4) is 0 Å². The smallest absolute Gasteiger partial charge is 0.323 e. The molecule has 0 aromatic rings. The van der Waals surface area contributed by atoms with Crippen molar-refractivity contribution in [2.45, 2.75) is 90.2 Å². The molecule has 0 amide bonds. The summed E-state index contributed by atoms with van der Waals surface area (Å²) >= 11 is 0. The minimum Gasteiger partial charge on any atom is -0.466 e. The Labute approximate surface area is 158 Å². The Morgan fingerprint density at radius 1 is 1.04 bits per heavy atom. The van der Waals surface area contributed by atoms with Crippen LogP contribution in [-0.2, 0) is 19.1 Å². The first-order valence-corrected chi connectivity index (χ1v) is 10.3. The summed E-state index contributed by atoms with van der Waals surface area (Å²) in [7, 11) is 0. The SMILES string of the molecule is CCOC(=O)CCCCCCC(NCCC(O)C1CCC1)C(=O)OCC. The number of unbranched alkanes of at least 4 members (excludes halogenated alkanes) is 3. The highest BCUT2D eigenvalue weighted by Gasteiger charge is 2.26. The Hall–Kier alpha value is -1.14. The fourth-order valence-electron chi connectivity index (χ4n) is 3.22. The quantitative estimate of drug-likeness (QED) is 0.340. The first kappa shape index (κ1) is 22.9. The molecule has 0 aromatic heterocycles. The van der Waals surface area contributed by atoms with E-state index in [1.807, 2.05) is 13.8 Å². The number of esters is 2. The average Bonchev–Trinajstić information content (AvgIpc) is 2.55. The van der Waals surface area contributed by atoms with Gasteiger partial charge in [0.05, 0.1) is 19.3 Å². The number of nitrogens with one attached hydrogen (secondary N) is 1. The van der Waals surface area contributed by atoms with Crippen molar-refractivity contribution >= 4 is 11.9 Å². The Morgan fingerprint density at radius 3 is 2.35 bits per heavy atom. The zero-order chi connectivity index (χ0) is 19.2. The van der Waals surface area contributed by atoms with Crippen molar-refractivity contribution < 1.29 is 24.2 Å². The normalized spacial score (nSPS) is 16.6. The monoisotopic (exact) mass is 371 g/mol. The summed E-state index contributed by atoms with van der Waals surface area (Å²) in [5.74, 6) is 0.0954. The molecule has 2 unspecified atom stereocenters. The molecular formula is C20H37NO5. The predicted molar refractivity (Wildman–Crippen MR) is 101 cm³/mol. The van der Waals surface area contributed by atoms with Crippen molar-refractivity contribution in [2.75, 3.05) is 19.8 Å². The minimum atomic E-state index is -0.311. The Balaban J connectivity index is 2.18. The van der Waals surface area contributed by atoms with Gasteiger partial charge in [-0.2, -0.15) is 0 Å². The highest BCUT2D eigenvalue weighted by Crippen LogP contribution is 2.30. The second-order valence-electron chi connectivity index (χ2n) is 7.06. The molecule has 2 atom stereocenters. The van der Waals surface area contributed by atoms with E-state index >= 15 is 0 Å². The molecular weight excluding hydrogens is 334 g/mol. The fourth-order valence-corrected chi connectivity index (χ4v) is 3.22. The van der Waals surface area contributed by atoms with Crippen molar-refractivity contribution in [3.63, 3.8) is 0 Å². The first-order chi connectivity index (χ1) is 12.6. The van der Waals surface area contributed by atoms with Gasteiger partial charge in [-0.05, 0) is 58.4 Å². The van der Waals surface area contributed by atoms with Crippen LogP contribution in [0.1, 0.15) is 78.1 Å². The molecule has 1 fully saturated rings. The largest absolute Gasteiger partial charge is 0.466 e. The molecule has 26 heavy (non-hydrogen) atoms.